The van der Waals surface area contributed by atoms with Crippen molar-refractivity contribution in [3.05, 3.63) is 77.4 Å². The van der Waals surface area contributed by atoms with E-state index in [4.69, 9.17) is 4.74 Å². The molecule has 1 N–H and O–H groups in total. The Hall–Kier alpha value is -2.52. The van der Waals surface area contributed by atoms with Crippen molar-refractivity contribution in [3.63, 3.8) is 0 Å². The number of amides is 1. The topological polar surface area (TPSA) is 79.0 Å². The quantitative estimate of drug-likeness (QED) is 0.593. The molecule has 7 nitrogen and oxygen atoms in total. The molecule has 1 spiro atoms. The van der Waals surface area contributed by atoms with Crippen molar-refractivity contribution in [2.75, 3.05) is 39.7 Å². The van der Waals surface area contributed by atoms with E-state index in [1.165, 1.54) is 11.1 Å². The van der Waals surface area contributed by atoms with Crippen molar-refractivity contribution < 1.29 is 17.9 Å². The van der Waals surface area contributed by atoms with Gasteiger partial charge in [-0.25, -0.2) is 8.42 Å². The van der Waals surface area contributed by atoms with Crippen molar-refractivity contribution in [1.29, 1.82) is 0 Å². The molecule has 0 bridgehead atoms. The molecule has 1 fully saturated rings. The van der Waals surface area contributed by atoms with Gasteiger partial charge in [0, 0.05) is 18.5 Å². The maximum absolute atomic E-state index is 13.4. The lowest BCUT2D eigenvalue weighted by Gasteiger charge is -2.40. The molecule has 1 aliphatic heterocycles. The van der Waals surface area contributed by atoms with Crippen LogP contribution in [0.15, 0.2) is 60.7 Å². The van der Waals surface area contributed by atoms with Gasteiger partial charge in [0.2, 0.25) is 15.9 Å². The normalized spacial score (nSPS) is 17.8. The van der Waals surface area contributed by atoms with Crippen LogP contribution in [-0.4, -0.2) is 69.8 Å². The Morgan fingerprint density at radius 1 is 1.09 bits per heavy atom. The molecule has 8 heteroatoms. The zero-order chi connectivity index (χ0) is 24.2. The molecule has 4 rings (SSSR count). The minimum atomic E-state index is -3.68. The van der Waals surface area contributed by atoms with Crippen LogP contribution >= 0.6 is 0 Å². The third kappa shape index (κ3) is 5.75. The summed E-state index contributed by atoms with van der Waals surface area (Å²) in [5, 5.41) is 0. The van der Waals surface area contributed by atoms with Crippen molar-refractivity contribution in [1.82, 2.24) is 14.5 Å². The smallest absolute Gasteiger partial charge is 0.243 e. The van der Waals surface area contributed by atoms with Crippen LogP contribution in [0.25, 0.3) is 6.08 Å². The van der Waals surface area contributed by atoms with Gasteiger partial charge < -0.3 is 9.64 Å². The first-order valence-corrected chi connectivity index (χ1v) is 13.3. The molecule has 2 aromatic carbocycles. The zero-order valence-electron chi connectivity index (χ0n) is 19.8. The average molecular weight is 484 g/mol. The fourth-order valence-corrected chi connectivity index (χ4v) is 6.19. The van der Waals surface area contributed by atoms with E-state index in [0.29, 0.717) is 19.7 Å². The van der Waals surface area contributed by atoms with E-state index in [1.54, 1.807) is 23.9 Å². The summed E-state index contributed by atoms with van der Waals surface area (Å²) < 4.78 is 33.6. The summed E-state index contributed by atoms with van der Waals surface area (Å²) in [5.41, 5.74) is 3.48. The van der Waals surface area contributed by atoms with Gasteiger partial charge in [-0.05, 0) is 43.6 Å². The number of allylic oxidation sites excluding steroid dienone is 1. The van der Waals surface area contributed by atoms with E-state index in [9.17, 15) is 13.2 Å². The van der Waals surface area contributed by atoms with Gasteiger partial charge in [-0.1, -0.05) is 66.7 Å². The Kier molecular flexibility index (Phi) is 7.52. The molecule has 0 radical (unpaired) electrons. The number of likely N-dealkylation sites (tertiary alicyclic amines) is 1. The molecule has 0 aromatic heterocycles. The number of carbonyl (C=O) groups excluding carboxylic acids is 1. The number of rotatable bonds is 9. The number of nitrogens with one attached hydrogen (secondary N) is 1. The summed E-state index contributed by atoms with van der Waals surface area (Å²) in [4.78, 5) is 16.8. The van der Waals surface area contributed by atoms with Crippen LogP contribution < -0.4 is 4.72 Å². The number of piperidine rings is 1. The highest BCUT2D eigenvalue weighted by Gasteiger charge is 2.40. The van der Waals surface area contributed by atoms with Crippen molar-refractivity contribution in [2.24, 2.45) is 0 Å². The second-order valence-corrected chi connectivity index (χ2v) is 11.1. The van der Waals surface area contributed by atoms with Crippen molar-refractivity contribution >= 4 is 22.0 Å². The lowest BCUT2D eigenvalue weighted by atomic mass is 9.74. The Balaban J connectivity index is 1.43. The lowest BCUT2D eigenvalue weighted by Crippen LogP contribution is -2.54. The molecule has 182 valence electrons. The van der Waals surface area contributed by atoms with Gasteiger partial charge in [0.1, 0.15) is 11.9 Å². The van der Waals surface area contributed by atoms with Crippen LogP contribution in [-0.2, 0) is 31.6 Å². The Morgan fingerprint density at radius 3 is 2.47 bits per heavy atom. The zero-order valence-corrected chi connectivity index (χ0v) is 20.6. The molecular formula is C26H33N3O4S. The predicted octanol–water partition coefficient (Wildman–Crippen LogP) is 2.60. The molecule has 1 heterocycles. The third-order valence-electron chi connectivity index (χ3n) is 6.49. The van der Waals surface area contributed by atoms with Gasteiger partial charge >= 0.3 is 0 Å². The van der Waals surface area contributed by atoms with E-state index in [1.807, 2.05) is 36.4 Å². The second kappa shape index (κ2) is 10.4. The fourth-order valence-electron chi connectivity index (χ4n) is 4.84. The minimum absolute atomic E-state index is 0.0231. The average Bonchev–Trinajstić information content (AvgIpc) is 3.16. The third-order valence-corrected chi connectivity index (χ3v) is 7.99. The Labute approximate surface area is 202 Å². The molecule has 1 atom stereocenters. The van der Waals surface area contributed by atoms with Gasteiger partial charge in [-0.15, -0.1) is 0 Å². The summed E-state index contributed by atoms with van der Waals surface area (Å²) >= 11 is 0. The summed E-state index contributed by atoms with van der Waals surface area (Å²) in [7, 11) is -0.325. The van der Waals surface area contributed by atoms with Gasteiger partial charge in [0.25, 0.3) is 0 Å². The molecule has 1 aliphatic carbocycles. The molecule has 0 saturated carbocycles. The van der Waals surface area contributed by atoms with Crippen LogP contribution in [0.4, 0.5) is 0 Å². The molecule has 1 saturated heterocycles. The Morgan fingerprint density at radius 2 is 1.76 bits per heavy atom. The van der Waals surface area contributed by atoms with Crippen LogP contribution in [0.5, 0.6) is 0 Å². The van der Waals surface area contributed by atoms with Crippen LogP contribution in [0, 0.1) is 0 Å². The molecule has 1 unspecified atom stereocenters. The number of hydrogen-bond donors (Lipinski definition) is 1. The van der Waals surface area contributed by atoms with E-state index < -0.39 is 16.1 Å². The van der Waals surface area contributed by atoms with Crippen molar-refractivity contribution in [3.8, 4) is 0 Å². The summed E-state index contributed by atoms with van der Waals surface area (Å²) in [5.74, 6) is -0.430. The first-order chi connectivity index (χ1) is 16.3. The van der Waals surface area contributed by atoms with Gasteiger partial charge in [-0.2, -0.15) is 4.72 Å². The maximum atomic E-state index is 13.4. The summed E-state index contributed by atoms with van der Waals surface area (Å²) in [6.07, 6.45) is 6.06. The van der Waals surface area contributed by atoms with Gasteiger partial charge in [-0.3, -0.25) is 9.69 Å². The highest BCUT2D eigenvalue weighted by Crippen LogP contribution is 2.43. The number of ether oxygens (including phenoxy) is 1. The predicted molar refractivity (Wildman–Crippen MR) is 133 cm³/mol. The van der Waals surface area contributed by atoms with Gasteiger partial charge in [0.05, 0.1) is 13.2 Å². The van der Waals surface area contributed by atoms with E-state index in [0.717, 1.165) is 18.4 Å². The highest BCUT2D eigenvalue weighted by molar-refractivity contribution is 7.89. The standard InChI is InChI=1S/C26H33N3O4S/c1-28(2)20-34(31,32)27-24(19-33-18-21-8-4-3-5-9-21)25(30)29-16-14-26(15-17-29)13-12-22-10-6-7-11-23(22)26/h3-13,24,27H,14-20H2,1-2H3. The first-order valence-electron chi connectivity index (χ1n) is 11.6. The SMILES string of the molecule is CN(C)CS(=O)(=O)NC(COCc1ccccc1)C(=O)N1CCC2(C=Cc3ccccc32)CC1. The molecule has 1 amide bonds. The number of sulfonamides is 1. The largest absolute Gasteiger partial charge is 0.375 e. The summed E-state index contributed by atoms with van der Waals surface area (Å²) in [6, 6.07) is 17.1. The number of fused-ring (bicyclic) bond motifs is 2. The summed E-state index contributed by atoms with van der Waals surface area (Å²) in [6.45, 7) is 1.43. The maximum Gasteiger partial charge on any atom is 0.243 e. The molecular weight excluding hydrogens is 450 g/mol. The molecule has 2 aliphatic rings. The number of hydrogen-bond acceptors (Lipinski definition) is 5. The number of carbonyl (C=O) groups is 1. The van der Waals surface area contributed by atoms with E-state index in [2.05, 4.69) is 35.1 Å². The first kappa shape index (κ1) is 24.6. The number of nitrogens with zero attached hydrogens (tertiary/aromatic N) is 2. The Bertz CT molecular complexity index is 1120. The lowest BCUT2D eigenvalue weighted by molar-refractivity contribution is -0.136. The molecule has 34 heavy (non-hydrogen) atoms. The molecule has 2 aromatic rings. The van der Waals surface area contributed by atoms with Crippen LogP contribution in [0.3, 0.4) is 0 Å². The van der Waals surface area contributed by atoms with Crippen LogP contribution in [0.1, 0.15) is 29.5 Å². The highest BCUT2D eigenvalue weighted by atomic mass is 32.2. The second-order valence-electron chi connectivity index (χ2n) is 9.40. The van der Waals surface area contributed by atoms with E-state index in [-0.39, 0.29) is 23.8 Å². The van der Waals surface area contributed by atoms with E-state index >= 15 is 0 Å². The van der Waals surface area contributed by atoms with Crippen molar-refractivity contribution in [2.45, 2.75) is 30.9 Å². The number of benzene rings is 2. The fraction of sp³-hybridized carbons (Fsp3) is 0.423. The van der Waals surface area contributed by atoms with Crippen LogP contribution in [0.2, 0.25) is 0 Å². The minimum Gasteiger partial charge on any atom is -0.375 e. The monoisotopic (exact) mass is 483 g/mol. The van der Waals surface area contributed by atoms with Gasteiger partial charge in [0.15, 0.2) is 0 Å².